The molecule has 0 aromatic rings. The molecule has 0 aromatic heterocycles. The van der Waals surface area contributed by atoms with Gasteiger partial charge < -0.3 is 30.1 Å². The van der Waals surface area contributed by atoms with Crippen LogP contribution in [0.3, 0.4) is 0 Å². The van der Waals surface area contributed by atoms with Crippen LogP contribution in [0.1, 0.15) is 181 Å². The van der Waals surface area contributed by atoms with E-state index in [1.54, 1.807) is 0 Å². The van der Waals surface area contributed by atoms with Crippen molar-refractivity contribution in [3.63, 3.8) is 0 Å². The van der Waals surface area contributed by atoms with Crippen molar-refractivity contribution in [2.45, 2.75) is 181 Å². The van der Waals surface area contributed by atoms with Gasteiger partial charge in [0.2, 0.25) is 11.8 Å². The van der Waals surface area contributed by atoms with Gasteiger partial charge in [-0.05, 0) is 12.8 Å². The zero-order valence-electron chi connectivity index (χ0n) is 30.6. The molecule has 0 radical (unpaired) electrons. The SMILES string of the molecule is CCCCCCCCCCCCCCCC(=O)NCC[N+](CCNC(=O)CCCCCCCCCCCCC)(CC(=O)[O-])CC(=O)O. The summed E-state index contributed by atoms with van der Waals surface area (Å²) in [7, 11) is 0. The normalized spacial score (nSPS) is 12.5. The first kappa shape index (κ1) is 44.8. The fourth-order valence-electron chi connectivity index (χ4n) is 6.34. The molecule has 2 amide bonds. The first-order valence-electron chi connectivity index (χ1n) is 19.5. The van der Waals surface area contributed by atoms with Crippen LogP contribution in [0.15, 0.2) is 0 Å². The highest BCUT2D eigenvalue weighted by atomic mass is 16.4. The number of unbranched alkanes of at least 4 members (excludes halogenated alkanes) is 22. The van der Waals surface area contributed by atoms with Gasteiger partial charge in [-0.2, -0.15) is 0 Å². The Balaban J connectivity index is 4.23. The Morgan fingerprint density at radius 3 is 1.06 bits per heavy atom. The van der Waals surface area contributed by atoms with E-state index in [1.165, 1.54) is 116 Å². The molecule has 0 saturated heterocycles. The van der Waals surface area contributed by atoms with E-state index in [-0.39, 0.29) is 42.5 Å². The van der Waals surface area contributed by atoms with Crippen molar-refractivity contribution >= 4 is 23.8 Å². The number of hydrogen-bond acceptors (Lipinski definition) is 5. The van der Waals surface area contributed by atoms with Gasteiger partial charge in [0.15, 0.2) is 6.54 Å². The molecule has 9 nitrogen and oxygen atoms in total. The Labute approximate surface area is 288 Å². The first-order valence-corrected chi connectivity index (χ1v) is 19.5. The molecular formula is C38H73N3O6. The summed E-state index contributed by atoms with van der Waals surface area (Å²) >= 11 is 0. The quantitative estimate of drug-likeness (QED) is 0.0484. The van der Waals surface area contributed by atoms with Crippen molar-refractivity contribution in [3.05, 3.63) is 0 Å². The number of rotatable bonds is 36. The van der Waals surface area contributed by atoms with Crippen molar-refractivity contribution in [2.24, 2.45) is 0 Å². The minimum Gasteiger partial charge on any atom is -0.544 e. The van der Waals surface area contributed by atoms with Crippen LogP contribution in [-0.2, 0) is 19.2 Å². The third-order valence-corrected chi connectivity index (χ3v) is 9.27. The summed E-state index contributed by atoms with van der Waals surface area (Å²) in [5.74, 6) is -2.68. The predicted octanol–water partition coefficient (Wildman–Crippen LogP) is 7.05. The number of nitrogens with zero attached hydrogens (tertiary/aromatic N) is 1. The minimum atomic E-state index is -1.35. The van der Waals surface area contributed by atoms with E-state index in [1.807, 2.05) is 0 Å². The van der Waals surface area contributed by atoms with Gasteiger partial charge in [0.05, 0.1) is 32.1 Å². The fourth-order valence-corrected chi connectivity index (χ4v) is 6.34. The summed E-state index contributed by atoms with van der Waals surface area (Å²) in [5.41, 5.74) is 0. The van der Waals surface area contributed by atoms with Crippen molar-refractivity contribution in [1.82, 2.24) is 10.6 Å². The summed E-state index contributed by atoms with van der Waals surface area (Å²) in [4.78, 5) is 48.0. The standard InChI is InChI=1S/C38H73N3O6/c1-3-5-7-9-11-13-15-16-18-20-22-24-26-28-36(43)40-30-32-41(33-37(44)45,34-38(46)47)31-29-39-35(42)27-25-23-21-19-17-14-12-10-8-6-4-2/h3-34H2,1-2H3,(H3-,39,40,42,43,44,45,46,47). The largest absolute Gasteiger partial charge is 0.544 e. The molecule has 47 heavy (non-hydrogen) atoms. The van der Waals surface area contributed by atoms with Crippen LogP contribution in [0.25, 0.3) is 0 Å². The van der Waals surface area contributed by atoms with Crippen LogP contribution >= 0.6 is 0 Å². The van der Waals surface area contributed by atoms with Gasteiger partial charge in [0, 0.05) is 12.8 Å². The van der Waals surface area contributed by atoms with Crippen LogP contribution in [0.5, 0.6) is 0 Å². The molecule has 1 unspecified atom stereocenters. The maximum Gasteiger partial charge on any atom is 0.359 e. The number of aliphatic carboxylic acids is 2. The van der Waals surface area contributed by atoms with E-state index in [9.17, 15) is 29.4 Å². The fraction of sp³-hybridized carbons (Fsp3) is 0.895. The lowest BCUT2D eigenvalue weighted by atomic mass is 10.0. The highest BCUT2D eigenvalue weighted by Gasteiger charge is 2.30. The summed E-state index contributed by atoms with van der Waals surface area (Å²) in [6.45, 7) is 4.18. The lowest BCUT2D eigenvalue weighted by molar-refractivity contribution is -0.913. The lowest BCUT2D eigenvalue weighted by Gasteiger charge is -2.37. The zero-order valence-corrected chi connectivity index (χ0v) is 30.6. The molecule has 0 aliphatic heterocycles. The summed E-state index contributed by atoms with van der Waals surface area (Å²) in [5, 5.41) is 26.8. The van der Waals surface area contributed by atoms with Crippen molar-refractivity contribution in [3.8, 4) is 0 Å². The molecule has 0 fully saturated rings. The number of carboxylic acids is 2. The molecule has 9 heteroatoms. The smallest absolute Gasteiger partial charge is 0.359 e. The molecule has 0 heterocycles. The van der Waals surface area contributed by atoms with Crippen LogP contribution < -0.4 is 15.7 Å². The monoisotopic (exact) mass is 668 g/mol. The average Bonchev–Trinajstić information content (AvgIpc) is 3.01. The molecule has 1 atom stereocenters. The number of carbonyl (C=O) groups is 4. The van der Waals surface area contributed by atoms with Crippen molar-refractivity contribution in [2.75, 3.05) is 39.3 Å². The molecule has 0 rings (SSSR count). The number of hydrogen-bond donors (Lipinski definition) is 3. The van der Waals surface area contributed by atoms with E-state index in [2.05, 4.69) is 24.5 Å². The number of quaternary nitrogens is 1. The maximum absolute atomic E-state index is 12.4. The first-order chi connectivity index (χ1) is 22.7. The summed E-state index contributed by atoms with van der Waals surface area (Å²) in [6.07, 6.45) is 30.2. The van der Waals surface area contributed by atoms with Crippen LogP contribution in [0.4, 0.5) is 0 Å². The van der Waals surface area contributed by atoms with Gasteiger partial charge in [-0.3, -0.25) is 9.59 Å². The summed E-state index contributed by atoms with van der Waals surface area (Å²) < 4.78 is -0.296. The Morgan fingerprint density at radius 2 is 0.787 bits per heavy atom. The Morgan fingerprint density at radius 1 is 0.489 bits per heavy atom. The third kappa shape index (κ3) is 30.9. The second-order valence-corrected chi connectivity index (χ2v) is 13.8. The summed E-state index contributed by atoms with van der Waals surface area (Å²) in [6, 6.07) is 0. The lowest BCUT2D eigenvalue weighted by Crippen LogP contribution is -2.61. The van der Waals surface area contributed by atoms with Crippen LogP contribution in [0, 0.1) is 0 Å². The Kier molecular flexibility index (Phi) is 30.9. The van der Waals surface area contributed by atoms with Gasteiger partial charge in [-0.1, -0.05) is 155 Å². The maximum atomic E-state index is 12.4. The molecule has 0 aliphatic carbocycles. The van der Waals surface area contributed by atoms with E-state index in [4.69, 9.17) is 0 Å². The average molecular weight is 668 g/mol. The van der Waals surface area contributed by atoms with E-state index >= 15 is 0 Å². The van der Waals surface area contributed by atoms with Gasteiger partial charge in [-0.25, -0.2) is 4.79 Å². The molecule has 0 spiro atoms. The van der Waals surface area contributed by atoms with Gasteiger partial charge >= 0.3 is 5.97 Å². The topological polar surface area (TPSA) is 136 Å². The molecular weight excluding hydrogens is 594 g/mol. The highest BCUT2D eigenvalue weighted by molar-refractivity contribution is 5.76. The molecule has 0 saturated carbocycles. The number of nitrogens with one attached hydrogen (secondary N) is 2. The van der Waals surface area contributed by atoms with Crippen molar-refractivity contribution in [1.29, 1.82) is 0 Å². The predicted molar refractivity (Wildman–Crippen MR) is 190 cm³/mol. The Hall–Kier alpha value is -2.16. The minimum absolute atomic E-state index is 0.102. The highest BCUT2D eigenvalue weighted by Crippen LogP contribution is 2.14. The van der Waals surface area contributed by atoms with Gasteiger partial charge in [0.25, 0.3) is 0 Å². The third-order valence-electron chi connectivity index (χ3n) is 9.27. The van der Waals surface area contributed by atoms with E-state index < -0.39 is 25.0 Å². The van der Waals surface area contributed by atoms with Crippen LogP contribution in [0.2, 0.25) is 0 Å². The zero-order chi connectivity index (χ0) is 34.9. The van der Waals surface area contributed by atoms with E-state index in [0.717, 1.165) is 38.5 Å². The second-order valence-electron chi connectivity index (χ2n) is 13.8. The van der Waals surface area contributed by atoms with Crippen molar-refractivity contribution < 1.29 is 33.9 Å². The number of amides is 2. The van der Waals surface area contributed by atoms with Gasteiger partial charge in [-0.15, -0.1) is 0 Å². The second kappa shape index (κ2) is 32.4. The molecule has 0 aliphatic rings. The van der Waals surface area contributed by atoms with Crippen LogP contribution in [-0.4, -0.2) is 72.6 Å². The molecule has 276 valence electrons. The number of carbonyl (C=O) groups excluding carboxylic acids is 3. The Bertz CT molecular complexity index is 775. The molecule has 3 N–H and O–H groups in total. The van der Waals surface area contributed by atoms with E-state index in [0.29, 0.717) is 12.8 Å². The van der Waals surface area contributed by atoms with Gasteiger partial charge in [0.1, 0.15) is 6.54 Å². The molecule has 0 aromatic carbocycles. The molecule has 0 bridgehead atoms. The number of carboxylic acid groups (broad SMARTS) is 2.